The van der Waals surface area contributed by atoms with Crippen LogP contribution in [0.3, 0.4) is 0 Å². The molecule has 0 N–H and O–H groups in total. The number of ether oxygens (including phenoxy) is 1. The first-order valence-corrected chi connectivity index (χ1v) is 11.4. The van der Waals surface area contributed by atoms with Crippen molar-refractivity contribution in [2.45, 2.75) is 31.3 Å². The van der Waals surface area contributed by atoms with Crippen LogP contribution in [0.2, 0.25) is 0 Å². The van der Waals surface area contributed by atoms with Crippen molar-refractivity contribution in [3.8, 4) is 17.1 Å². The summed E-state index contributed by atoms with van der Waals surface area (Å²) in [6.07, 6.45) is 0.643. The van der Waals surface area contributed by atoms with E-state index in [9.17, 15) is 4.79 Å². The quantitative estimate of drug-likeness (QED) is 0.439. The first kappa shape index (κ1) is 20.6. The highest BCUT2D eigenvalue weighted by Crippen LogP contribution is 2.42. The van der Waals surface area contributed by atoms with E-state index in [2.05, 4.69) is 42.2 Å². The number of rotatable bonds is 5. The Balaban J connectivity index is 1.53. The fraction of sp³-hybridized carbons (Fsp3) is 0.240. The summed E-state index contributed by atoms with van der Waals surface area (Å²) in [5.74, 6) is 2.32. The fourth-order valence-electron chi connectivity index (χ4n) is 4.11. The van der Waals surface area contributed by atoms with Crippen LogP contribution in [0.25, 0.3) is 11.4 Å². The molecule has 0 spiro atoms. The number of hydrogen-bond donors (Lipinski definition) is 0. The predicted molar refractivity (Wildman–Crippen MR) is 125 cm³/mol. The molecule has 4 aromatic rings. The van der Waals surface area contributed by atoms with Gasteiger partial charge in [0.15, 0.2) is 5.75 Å². The molecule has 0 saturated heterocycles. The molecular formula is C25H23N3O3S. The number of thioether (sulfide) groups is 1. The Bertz CT molecular complexity index is 1340. The van der Waals surface area contributed by atoms with E-state index in [0.717, 1.165) is 21.9 Å². The molecule has 3 heterocycles. The van der Waals surface area contributed by atoms with Gasteiger partial charge in [-0.1, -0.05) is 53.7 Å². The first-order chi connectivity index (χ1) is 15.6. The largest absolute Gasteiger partial charge is 0.494 e. The maximum absolute atomic E-state index is 13.2. The predicted octanol–water partition coefficient (Wildman–Crippen LogP) is 4.81. The van der Waals surface area contributed by atoms with E-state index >= 15 is 0 Å². The van der Waals surface area contributed by atoms with Gasteiger partial charge in [0.1, 0.15) is 11.1 Å². The molecule has 0 radical (unpaired) electrons. The third-order valence-electron chi connectivity index (χ3n) is 5.99. The Labute approximate surface area is 190 Å². The zero-order valence-corrected chi connectivity index (χ0v) is 19.0. The van der Waals surface area contributed by atoms with Crippen molar-refractivity contribution in [1.82, 2.24) is 14.7 Å². The maximum Gasteiger partial charge on any atom is 0.252 e. The smallest absolute Gasteiger partial charge is 0.252 e. The van der Waals surface area contributed by atoms with Gasteiger partial charge in [0.05, 0.1) is 7.11 Å². The summed E-state index contributed by atoms with van der Waals surface area (Å²) in [5.41, 5.74) is 5.34. The van der Waals surface area contributed by atoms with Gasteiger partial charge in [-0.2, -0.15) is 4.98 Å². The van der Waals surface area contributed by atoms with Crippen molar-refractivity contribution in [3.63, 3.8) is 0 Å². The number of methoxy groups -OCH3 is 1. The summed E-state index contributed by atoms with van der Waals surface area (Å²) < 4.78 is 13.1. The molecule has 2 aromatic heterocycles. The molecule has 5 rings (SSSR count). The molecular weight excluding hydrogens is 422 g/mol. The molecule has 0 aliphatic carbocycles. The second-order valence-electron chi connectivity index (χ2n) is 7.90. The van der Waals surface area contributed by atoms with Crippen molar-refractivity contribution < 1.29 is 9.26 Å². The zero-order chi connectivity index (χ0) is 22.2. The third-order valence-corrected chi connectivity index (χ3v) is 7.13. The Morgan fingerprint density at radius 3 is 2.72 bits per heavy atom. The summed E-state index contributed by atoms with van der Waals surface area (Å²) in [6.45, 7) is 4.21. The molecule has 1 aliphatic heterocycles. The van der Waals surface area contributed by atoms with Gasteiger partial charge in [-0.25, -0.2) is 0 Å². The summed E-state index contributed by atoms with van der Waals surface area (Å²) >= 11 is 1.58. The SMILES string of the molecule is COc1c(Cc2cccc(C)c2C)cc(=O)n2c1SC[C@H]2c1nc(-c2ccccc2)no1. The number of benzene rings is 2. The second-order valence-corrected chi connectivity index (χ2v) is 8.91. The summed E-state index contributed by atoms with van der Waals surface area (Å²) in [5, 5.41) is 4.94. The van der Waals surface area contributed by atoms with E-state index in [1.165, 1.54) is 16.7 Å². The van der Waals surface area contributed by atoms with Crippen molar-refractivity contribution >= 4 is 11.8 Å². The van der Waals surface area contributed by atoms with Crippen LogP contribution in [0, 0.1) is 13.8 Å². The average Bonchev–Trinajstić information content (AvgIpc) is 3.46. The van der Waals surface area contributed by atoms with Gasteiger partial charge in [-0.3, -0.25) is 9.36 Å². The second kappa shape index (κ2) is 8.31. The molecule has 32 heavy (non-hydrogen) atoms. The minimum atomic E-state index is -0.323. The van der Waals surface area contributed by atoms with E-state index in [1.54, 1.807) is 29.5 Å². The molecule has 7 heteroatoms. The van der Waals surface area contributed by atoms with Crippen LogP contribution in [0.15, 0.2) is 68.9 Å². The topological polar surface area (TPSA) is 70.2 Å². The van der Waals surface area contributed by atoms with Crippen LogP contribution in [0.1, 0.15) is 34.2 Å². The van der Waals surface area contributed by atoms with Crippen LogP contribution in [-0.4, -0.2) is 27.6 Å². The lowest BCUT2D eigenvalue weighted by atomic mass is 9.97. The van der Waals surface area contributed by atoms with Gasteiger partial charge in [0.2, 0.25) is 5.82 Å². The van der Waals surface area contributed by atoms with Gasteiger partial charge in [-0.05, 0) is 30.5 Å². The van der Waals surface area contributed by atoms with Gasteiger partial charge >= 0.3 is 0 Å². The number of aryl methyl sites for hydroxylation is 1. The van der Waals surface area contributed by atoms with E-state index in [1.807, 2.05) is 30.3 Å². The minimum absolute atomic E-state index is 0.0874. The van der Waals surface area contributed by atoms with Gasteiger partial charge in [-0.15, -0.1) is 11.8 Å². The summed E-state index contributed by atoms with van der Waals surface area (Å²) in [4.78, 5) is 17.8. The van der Waals surface area contributed by atoms with E-state index in [-0.39, 0.29) is 11.6 Å². The fourth-order valence-corrected chi connectivity index (χ4v) is 5.42. The van der Waals surface area contributed by atoms with Crippen molar-refractivity contribution in [2.75, 3.05) is 12.9 Å². The van der Waals surface area contributed by atoms with Crippen molar-refractivity contribution in [3.05, 3.63) is 93.1 Å². The highest BCUT2D eigenvalue weighted by molar-refractivity contribution is 7.99. The third kappa shape index (κ3) is 3.52. The van der Waals surface area contributed by atoms with E-state index in [4.69, 9.17) is 9.26 Å². The molecule has 0 saturated carbocycles. The summed E-state index contributed by atoms with van der Waals surface area (Å²) in [7, 11) is 1.65. The number of nitrogens with zero attached hydrogens (tertiary/aromatic N) is 3. The van der Waals surface area contributed by atoms with E-state index in [0.29, 0.717) is 23.9 Å². The molecule has 2 aromatic carbocycles. The molecule has 0 unspecified atom stereocenters. The lowest BCUT2D eigenvalue weighted by Crippen LogP contribution is -2.25. The lowest BCUT2D eigenvalue weighted by Gasteiger charge is -2.16. The Hall–Kier alpha value is -3.32. The van der Waals surface area contributed by atoms with Crippen LogP contribution in [-0.2, 0) is 6.42 Å². The molecule has 1 aliphatic rings. The number of aromatic nitrogens is 3. The molecule has 162 valence electrons. The number of fused-ring (bicyclic) bond motifs is 1. The minimum Gasteiger partial charge on any atom is -0.494 e. The van der Waals surface area contributed by atoms with Gasteiger partial charge < -0.3 is 9.26 Å². The Morgan fingerprint density at radius 1 is 1.12 bits per heavy atom. The van der Waals surface area contributed by atoms with Crippen LogP contribution in [0.4, 0.5) is 0 Å². The van der Waals surface area contributed by atoms with Gasteiger partial charge in [0, 0.05) is 29.4 Å². The average molecular weight is 446 g/mol. The molecule has 1 atom stereocenters. The van der Waals surface area contributed by atoms with Crippen LogP contribution >= 0.6 is 11.8 Å². The zero-order valence-electron chi connectivity index (χ0n) is 18.2. The normalized spacial score (nSPS) is 15.0. The van der Waals surface area contributed by atoms with Crippen molar-refractivity contribution in [1.29, 1.82) is 0 Å². The Morgan fingerprint density at radius 2 is 1.94 bits per heavy atom. The highest BCUT2D eigenvalue weighted by atomic mass is 32.2. The molecule has 0 fully saturated rings. The molecule has 0 amide bonds. The summed E-state index contributed by atoms with van der Waals surface area (Å²) in [6, 6.07) is 17.3. The molecule has 6 nitrogen and oxygen atoms in total. The van der Waals surface area contributed by atoms with E-state index < -0.39 is 0 Å². The maximum atomic E-state index is 13.2. The Kier molecular flexibility index (Phi) is 5.35. The van der Waals surface area contributed by atoms with Crippen molar-refractivity contribution in [2.24, 2.45) is 0 Å². The molecule has 0 bridgehead atoms. The standard InChI is InChI=1S/C25H23N3O3S/c1-15-8-7-11-18(16(15)2)12-19-13-21(29)28-20(14-32-25(28)22(19)30-3)24-26-23(27-31-24)17-9-5-4-6-10-17/h4-11,13,20H,12,14H2,1-3H3/t20-/m0/s1. The number of hydrogen-bond acceptors (Lipinski definition) is 6. The monoisotopic (exact) mass is 445 g/mol. The highest BCUT2D eigenvalue weighted by Gasteiger charge is 2.33. The van der Waals surface area contributed by atoms with Crippen LogP contribution < -0.4 is 10.3 Å². The van der Waals surface area contributed by atoms with Gasteiger partial charge in [0.25, 0.3) is 11.4 Å². The first-order valence-electron chi connectivity index (χ1n) is 10.5. The lowest BCUT2D eigenvalue weighted by molar-refractivity contribution is 0.335. The number of pyridine rings is 1. The van der Waals surface area contributed by atoms with Crippen LogP contribution in [0.5, 0.6) is 5.75 Å².